The second-order valence-electron chi connectivity index (χ2n) is 3.21. The highest BCUT2D eigenvalue weighted by Gasteiger charge is 2.14. The van der Waals surface area contributed by atoms with E-state index in [1.807, 2.05) is 41.8 Å². The molecule has 16 heavy (non-hydrogen) atoms. The second-order valence-corrected chi connectivity index (χ2v) is 5.01. The monoisotopic (exact) mass is 292 g/mol. The maximum Gasteiger partial charge on any atom is 0.150 e. The lowest BCUT2D eigenvalue weighted by Crippen LogP contribution is -2.06. The van der Waals surface area contributed by atoms with Gasteiger partial charge in [0.05, 0.1) is 10.9 Å². The molecule has 0 radical (unpaired) electrons. The first-order chi connectivity index (χ1) is 7.81. The number of nitrogens with one attached hydrogen (secondary N) is 1. The molecule has 2 rings (SSSR count). The Balaban J connectivity index is 2.20. The van der Waals surface area contributed by atoms with Gasteiger partial charge in [-0.1, -0.05) is 18.2 Å². The third-order valence-corrected chi connectivity index (χ3v) is 4.06. The second kappa shape index (κ2) is 5.15. The third kappa shape index (κ3) is 2.43. The first-order valence-corrected chi connectivity index (χ1v) is 6.42. The zero-order valence-corrected chi connectivity index (χ0v) is 10.8. The van der Waals surface area contributed by atoms with Gasteiger partial charge in [-0.25, -0.2) is 0 Å². The summed E-state index contributed by atoms with van der Waals surface area (Å²) in [6.07, 6.45) is 0. The van der Waals surface area contributed by atoms with E-state index in [2.05, 4.69) is 27.3 Å². The van der Waals surface area contributed by atoms with Crippen LogP contribution in [-0.2, 0) is 0 Å². The number of thiophene rings is 1. The molecule has 0 aliphatic heterocycles. The van der Waals surface area contributed by atoms with Crippen molar-refractivity contribution in [2.24, 2.45) is 0 Å². The average Bonchev–Trinajstić information content (AvgIpc) is 2.74. The van der Waals surface area contributed by atoms with Crippen LogP contribution in [0.3, 0.4) is 0 Å². The normalized spacial score (nSPS) is 11.8. The Morgan fingerprint density at radius 1 is 1.25 bits per heavy atom. The minimum absolute atomic E-state index is 0.309. The molecule has 1 unspecified atom stereocenters. The van der Waals surface area contributed by atoms with Gasteiger partial charge in [0.2, 0.25) is 0 Å². The number of benzene rings is 1. The molecule has 0 bridgehead atoms. The van der Waals surface area contributed by atoms with E-state index in [0.29, 0.717) is 0 Å². The minimum atomic E-state index is -0.309. The molecular weight excluding hydrogens is 284 g/mol. The summed E-state index contributed by atoms with van der Waals surface area (Å²) in [5, 5.41) is 14.3. The van der Waals surface area contributed by atoms with Crippen LogP contribution in [-0.4, -0.2) is 0 Å². The molecule has 0 saturated heterocycles. The Bertz CT molecular complexity index is 501. The molecule has 0 aliphatic rings. The van der Waals surface area contributed by atoms with Gasteiger partial charge in [0, 0.05) is 10.2 Å². The van der Waals surface area contributed by atoms with Gasteiger partial charge in [-0.05, 0) is 39.5 Å². The van der Waals surface area contributed by atoms with Gasteiger partial charge >= 0.3 is 0 Å². The summed E-state index contributed by atoms with van der Waals surface area (Å²) in [6, 6.07) is 13.7. The molecule has 0 spiro atoms. The third-order valence-electron chi connectivity index (χ3n) is 2.12. The molecule has 1 atom stereocenters. The van der Waals surface area contributed by atoms with Crippen molar-refractivity contribution >= 4 is 33.0 Å². The van der Waals surface area contributed by atoms with Crippen molar-refractivity contribution < 1.29 is 0 Å². The fourth-order valence-corrected chi connectivity index (χ4v) is 2.96. The molecule has 1 aromatic carbocycles. The van der Waals surface area contributed by atoms with Gasteiger partial charge < -0.3 is 5.32 Å². The summed E-state index contributed by atoms with van der Waals surface area (Å²) in [5.41, 5.74) is 0.953. The molecule has 80 valence electrons. The molecule has 4 heteroatoms. The zero-order chi connectivity index (χ0) is 11.4. The van der Waals surface area contributed by atoms with E-state index in [0.717, 1.165) is 15.0 Å². The largest absolute Gasteiger partial charge is 0.366 e. The molecule has 0 saturated carbocycles. The van der Waals surface area contributed by atoms with Crippen LogP contribution in [0.15, 0.2) is 46.3 Å². The van der Waals surface area contributed by atoms with Gasteiger partial charge in [0.1, 0.15) is 0 Å². The fraction of sp³-hybridized carbons (Fsp3) is 0.0833. The predicted octanol–water partition coefficient (Wildman–Crippen LogP) is 4.19. The number of para-hydroxylation sites is 1. The number of hydrogen-bond donors (Lipinski definition) is 1. The van der Waals surface area contributed by atoms with Crippen molar-refractivity contribution in [1.82, 2.24) is 0 Å². The summed E-state index contributed by atoms with van der Waals surface area (Å²) in [4.78, 5) is 1.01. The number of anilines is 1. The van der Waals surface area contributed by atoms with Crippen molar-refractivity contribution in [3.05, 3.63) is 51.1 Å². The summed E-state index contributed by atoms with van der Waals surface area (Å²) in [6.45, 7) is 0. The molecule has 1 aromatic heterocycles. The Morgan fingerprint density at radius 3 is 2.56 bits per heavy atom. The van der Waals surface area contributed by atoms with Gasteiger partial charge in [0.25, 0.3) is 0 Å². The van der Waals surface area contributed by atoms with Crippen LogP contribution in [0.4, 0.5) is 5.69 Å². The maximum atomic E-state index is 9.16. The zero-order valence-electron chi connectivity index (χ0n) is 8.35. The molecule has 0 fully saturated rings. The van der Waals surface area contributed by atoms with E-state index in [1.165, 1.54) is 0 Å². The highest BCUT2D eigenvalue weighted by atomic mass is 79.9. The van der Waals surface area contributed by atoms with Crippen molar-refractivity contribution in [3.8, 4) is 6.07 Å². The molecule has 0 amide bonds. The van der Waals surface area contributed by atoms with Crippen LogP contribution in [0.5, 0.6) is 0 Å². The molecule has 1 N–H and O–H groups in total. The number of nitrogens with zero attached hydrogens (tertiary/aromatic N) is 1. The van der Waals surface area contributed by atoms with E-state index in [9.17, 15) is 0 Å². The number of hydrogen-bond acceptors (Lipinski definition) is 3. The van der Waals surface area contributed by atoms with Crippen molar-refractivity contribution in [2.75, 3.05) is 5.32 Å². The lowest BCUT2D eigenvalue weighted by molar-refractivity contribution is 1.02. The summed E-state index contributed by atoms with van der Waals surface area (Å²) in [7, 11) is 0. The van der Waals surface area contributed by atoms with E-state index in [1.54, 1.807) is 11.3 Å². The SMILES string of the molecule is N#CC(Nc1ccccc1)c1sccc1Br. The van der Waals surface area contributed by atoms with Crippen LogP contribution in [0.25, 0.3) is 0 Å². The number of halogens is 1. The Labute approximate surface area is 107 Å². The van der Waals surface area contributed by atoms with Crippen LogP contribution < -0.4 is 5.32 Å². The summed E-state index contributed by atoms with van der Waals surface area (Å²) in [5.74, 6) is 0. The van der Waals surface area contributed by atoms with Gasteiger partial charge in [-0.15, -0.1) is 11.3 Å². The Kier molecular flexibility index (Phi) is 3.60. The van der Waals surface area contributed by atoms with E-state index in [4.69, 9.17) is 5.26 Å². The smallest absolute Gasteiger partial charge is 0.150 e. The maximum absolute atomic E-state index is 9.16. The van der Waals surface area contributed by atoms with Gasteiger partial charge in [0.15, 0.2) is 6.04 Å². The van der Waals surface area contributed by atoms with Gasteiger partial charge in [-0.2, -0.15) is 5.26 Å². The van der Waals surface area contributed by atoms with Crippen LogP contribution >= 0.6 is 27.3 Å². The Hall–Kier alpha value is -1.31. The lowest BCUT2D eigenvalue weighted by atomic mass is 10.2. The molecule has 2 aromatic rings. The standard InChI is InChI=1S/C12H9BrN2S/c13-10-6-7-16-12(10)11(8-14)15-9-4-2-1-3-5-9/h1-7,11,15H. The molecule has 2 nitrogen and oxygen atoms in total. The van der Waals surface area contributed by atoms with Crippen molar-refractivity contribution in [3.63, 3.8) is 0 Å². The molecule has 0 aliphatic carbocycles. The first kappa shape index (κ1) is 11.2. The first-order valence-electron chi connectivity index (χ1n) is 4.75. The summed E-state index contributed by atoms with van der Waals surface area (Å²) < 4.78 is 0.979. The van der Waals surface area contributed by atoms with Crippen LogP contribution in [0.2, 0.25) is 0 Å². The fourth-order valence-electron chi connectivity index (χ4n) is 1.37. The minimum Gasteiger partial charge on any atom is -0.366 e. The van der Waals surface area contributed by atoms with Crippen LogP contribution in [0.1, 0.15) is 10.9 Å². The van der Waals surface area contributed by atoms with Gasteiger partial charge in [-0.3, -0.25) is 0 Å². The number of nitriles is 1. The summed E-state index contributed by atoms with van der Waals surface area (Å²) >= 11 is 5.01. The lowest BCUT2D eigenvalue weighted by Gasteiger charge is -2.11. The highest BCUT2D eigenvalue weighted by Crippen LogP contribution is 2.30. The predicted molar refractivity (Wildman–Crippen MR) is 70.4 cm³/mol. The van der Waals surface area contributed by atoms with Crippen LogP contribution in [0, 0.1) is 11.3 Å². The Morgan fingerprint density at radius 2 is 2.00 bits per heavy atom. The number of rotatable bonds is 3. The van der Waals surface area contributed by atoms with E-state index >= 15 is 0 Å². The van der Waals surface area contributed by atoms with E-state index < -0.39 is 0 Å². The van der Waals surface area contributed by atoms with Crippen molar-refractivity contribution in [2.45, 2.75) is 6.04 Å². The quantitative estimate of drug-likeness (QED) is 0.921. The van der Waals surface area contributed by atoms with E-state index in [-0.39, 0.29) is 6.04 Å². The molecular formula is C12H9BrN2S. The topological polar surface area (TPSA) is 35.8 Å². The molecule has 1 heterocycles. The van der Waals surface area contributed by atoms with Crippen molar-refractivity contribution in [1.29, 1.82) is 5.26 Å². The highest BCUT2D eigenvalue weighted by molar-refractivity contribution is 9.10. The average molecular weight is 293 g/mol.